The van der Waals surface area contributed by atoms with Gasteiger partial charge in [-0.15, -0.1) is 0 Å². The molecule has 0 spiro atoms. The van der Waals surface area contributed by atoms with Gasteiger partial charge in [0.1, 0.15) is 0 Å². The van der Waals surface area contributed by atoms with Crippen LogP contribution in [-0.4, -0.2) is 48.8 Å². The molecule has 0 heterocycles. The Bertz CT molecular complexity index is 183. The number of nitrogens with zero attached hydrogens (tertiary/aromatic N) is 1. The van der Waals surface area contributed by atoms with Crippen molar-refractivity contribution < 1.29 is 5.11 Å². The normalized spacial score (nSPS) is 20.1. The minimum Gasteiger partial charge on any atom is -0.396 e. The van der Waals surface area contributed by atoms with Crippen LogP contribution in [0.1, 0.15) is 39.5 Å². The second kappa shape index (κ2) is 7.25. The molecule has 0 aromatic heterocycles. The molecule has 1 fully saturated rings. The first-order valence-electron chi connectivity index (χ1n) is 6.73. The van der Waals surface area contributed by atoms with Gasteiger partial charge in [0, 0.05) is 25.2 Å². The van der Waals surface area contributed by atoms with Gasteiger partial charge in [0.05, 0.1) is 0 Å². The Labute approximate surface area is 100 Å². The van der Waals surface area contributed by atoms with Crippen molar-refractivity contribution in [3.05, 3.63) is 0 Å². The zero-order chi connectivity index (χ0) is 12.0. The van der Waals surface area contributed by atoms with Gasteiger partial charge in [-0.05, 0) is 52.1 Å². The molecule has 96 valence electrons. The summed E-state index contributed by atoms with van der Waals surface area (Å²) in [5.41, 5.74) is 0. The molecule has 0 saturated heterocycles. The molecule has 3 nitrogen and oxygen atoms in total. The fourth-order valence-corrected chi connectivity index (χ4v) is 2.21. The van der Waals surface area contributed by atoms with Gasteiger partial charge >= 0.3 is 0 Å². The average molecular weight is 228 g/mol. The Morgan fingerprint density at radius 3 is 2.62 bits per heavy atom. The van der Waals surface area contributed by atoms with E-state index in [1.54, 1.807) is 0 Å². The van der Waals surface area contributed by atoms with Crippen molar-refractivity contribution in [1.29, 1.82) is 0 Å². The Kier molecular flexibility index (Phi) is 6.32. The lowest BCUT2D eigenvalue weighted by atomic mass is 10.1. The van der Waals surface area contributed by atoms with Crippen LogP contribution in [0.3, 0.4) is 0 Å². The molecule has 1 aliphatic rings. The molecular formula is C13H28N2O. The molecule has 0 amide bonds. The second-order valence-corrected chi connectivity index (χ2v) is 5.18. The summed E-state index contributed by atoms with van der Waals surface area (Å²) in [7, 11) is 2.21. The molecule has 0 aromatic rings. The van der Waals surface area contributed by atoms with Crippen LogP contribution < -0.4 is 5.32 Å². The van der Waals surface area contributed by atoms with Gasteiger partial charge in [-0.3, -0.25) is 0 Å². The van der Waals surface area contributed by atoms with E-state index in [2.05, 4.69) is 31.1 Å². The van der Waals surface area contributed by atoms with E-state index in [-0.39, 0.29) is 6.61 Å². The highest BCUT2D eigenvalue weighted by atomic mass is 16.3. The predicted octanol–water partition coefficient (Wildman–Crippen LogP) is 1.47. The van der Waals surface area contributed by atoms with Gasteiger partial charge in [-0.25, -0.2) is 0 Å². The maximum atomic E-state index is 9.05. The molecule has 2 N–H and O–H groups in total. The largest absolute Gasteiger partial charge is 0.396 e. The molecule has 1 rings (SSSR count). The van der Waals surface area contributed by atoms with Crippen LogP contribution in [0.2, 0.25) is 0 Å². The van der Waals surface area contributed by atoms with Crippen LogP contribution in [0.15, 0.2) is 0 Å². The maximum Gasteiger partial charge on any atom is 0.0446 e. The highest BCUT2D eigenvalue weighted by Crippen LogP contribution is 2.34. The summed E-state index contributed by atoms with van der Waals surface area (Å²) in [5, 5.41) is 12.6. The molecular weight excluding hydrogens is 200 g/mol. The average Bonchev–Trinajstić information content (AvgIpc) is 3.08. The second-order valence-electron chi connectivity index (χ2n) is 5.18. The molecule has 0 radical (unpaired) electrons. The predicted molar refractivity (Wildman–Crippen MR) is 68.6 cm³/mol. The Morgan fingerprint density at radius 2 is 2.12 bits per heavy atom. The van der Waals surface area contributed by atoms with Crippen molar-refractivity contribution in [2.24, 2.45) is 5.92 Å². The quantitative estimate of drug-likeness (QED) is 0.627. The third-order valence-corrected chi connectivity index (χ3v) is 3.67. The summed E-state index contributed by atoms with van der Waals surface area (Å²) in [4.78, 5) is 2.45. The summed E-state index contributed by atoms with van der Waals surface area (Å²) in [6.45, 7) is 6.90. The van der Waals surface area contributed by atoms with Crippen LogP contribution in [0, 0.1) is 5.92 Å². The standard InChI is InChI=1S/C13H28N2O/c1-4-8-14-13(7-9-16)10-15(3)11(2)12-5-6-12/h11-14,16H,4-10H2,1-3H3. The summed E-state index contributed by atoms with van der Waals surface area (Å²) < 4.78 is 0. The Balaban J connectivity index is 2.27. The van der Waals surface area contributed by atoms with E-state index < -0.39 is 0 Å². The third-order valence-electron chi connectivity index (χ3n) is 3.67. The van der Waals surface area contributed by atoms with E-state index in [0.29, 0.717) is 12.1 Å². The van der Waals surface area contributed by atoms with Crippen molar-refractivity contribution in [1.82, 2.24) is 10.2 Å². The first-order chi connectivity index (χ1) is 7.69. The molecule has 2 atom stereocenters. The summed E-state index contributed by atoms with van der Waals surface area (Å²) >= 11 is 0. The van der Waals surface area contributed by atoms with E-state index in [1.165, 1.54) is 12.8 Å². The van der Waals surface area contributed by atoms with Crippen LogP contribution in [0.5, 0.6) is 0 Å². The van der Waals surface area contributed by atoms with Gasteiger partial charge < -0.3 is 15.3 Å². The van der Waals surface area contributed by atoms with Gasteiger partial charge in [-0.2, -0.15) is 0 Å². The molecule has 1 aliphatic carbocycles. The zero-order valence-electron chi connectivity index (χ0n) is 11.1. The lowest BCUT2D eigenvalue weighted by Gasteiger charge is -2.29. The third kappa shape index (κ3) is 4.81. The zero-order valence-corrected chi connectivity index (χ0v) is 11.1. The molecule has 1 saturated carbocycles. The van der Waals surface area contributed by atoms with Crippen molar-refractivity contribution in [2.75, 3.05) is 26.7 Å². The lowest BCUT2D eigenvalue weighted by molar-refractivity contribution is 0.187. The van der Waals surface area contributed by atoms with Crippen LogP contribution in [0.25, 0.3) is 0 Å². The highest BCUT2D eigenvalue weighted by Gasteiger charge is 2.30. The smallest absolute Gasteiger partial charge is 0.0446 e. The lowest BCUT2D eigenvalue weighted by Crippen LogP contribution is -2.44. The molecule has 16 heavy (non-hydrogen) atoms. The maximum absolute atomic E-state index is 9.05. The number of nitrogens with one attached hydrogen (secondary N) is 1. The number of likely N-dealkylation sites (N-methyl/N-ethyl adjacent to an activating group) is 1. The van der Waals surface area contributed by atoms with Gasteiger partial charge in [-0.1, -0.05) is 6.92 Å². The summed E-state index contributed by atoms with van der Waals surface area (Å²) in [6, 6.07) is 1.14. The molecule has 3 heteroatoms. The monoisotopic (exact) mass is 228 g/mol. The number of aliphatic hydroxyl groups excluding tert-OH is 1. The highest BCUT2D eigenvalue weighted by molar-refractivity contribution is 4.85. The van der Waals surface area contributed by atoms with E-state index >= 15 is 0 Å². The van der Waals surface area contributed by atoms with Crippen molar-refractivity contribution in [3.63, 3.8) is 0 Å². The number of hydrogen-bond donors (Lipinski definition) is 2. The first-order valence-corrected chi connectivity index (χ1v) is 6.73. The molecule has 0 aliphatic heterocycles. The first kappa shape index (κ1) is 13.9. The van der Waals surface area contributed by atoms with Crippen molar-refractivity contribution in [2.45, 2.75) is 51.6 Å². The minimum atomic E-state index is 0.285. The Hall–Kier alpha value is -0.120. The molecule has 2 unspecified atom stereocenters. The topological polar surface area (TPSA) is 35.5 Å². The fraction of sp³-hybridized carbons (Fsp3) is 1.00. The molecule has 0 aromatic carbocycles. The van der Waals surface area contributed by atoms with Gasteiger partial charge in [0.25, 0.3) is 0 Å². The van der Waals surface area contributed by atoms with Gasteiger partial charge in [0.2, 0.25) is 0 Å². The van der Waals surface area contributed by atoms with E-state index in [0.717, 1.165) is 31.8 Å². The van der Waals surface area contributed by atoms with Crippen molar-refractivity contribution in [3.8, 4) is 0 Å². The van der Waals surface area contributed by atoms with Crippen LogP contribution >= 0.6 is 0 Å². The van der Waals surface area contributed by atoms with E-state index in [4.69, 9.17) is 5.11 Å². The number of rotatable bonds is 9. The van der Waals surface area contributed by atoms with Crippen LogP contribution in [0.4, 0.5) is 0 Å². The van der Waals surface area contributed by atoms with Gasteiger partial charge in [0.15, 0.2) is 0 Å². The minimum absolute atomic E-state index is 0.285. The summed E-state index contributed by atoms with van der Waals surface area (Å²) in [6.07, 6.45) is 4.82. The SMILES string of the molecule is CCCNC(CCO)CN(C)C(C)C1CC1. The van der Waals surface area contributed by atoms with Crippen LogP contribution in [-0.2, 0) is 0 Å². The van der Waals surface area contributed by atoms with E-state index in [1.807, 2.05) is 0 Å². The van der Waals surface area contributed by atoms with E-state index in [9.17, 15) is 0 Å². The Morgan fingerprint density at radius 1 is 1.44 bits per heavy atom. The fourth-order valence-electron chi connectivity index (χ4n) is 2.21. The van der Waals surface area contributed by atoms with Crippen molar-refractivity contribution >= 4 is 0 Å². The number of aliphatic hydroxyl groups is 1. The summed E-state index contributed by atoms with van der Waals surface area (Å²) in [5.74, 6) is 0.922. The number of hydrogen-bond acceptors (Lipinski definition) is 3. The molecule has 0 bridgehead atoms.